The molecular formula is C15H15NO5S. The molecule has 1 aromatic carbocycles. The second-order valence-electron chi connectivity index (χ2n) is 4.77. The van der Waals surface area contributed by atoms with Crippen molar-refractivity contribution in [2.75, 3.05) is 19.5 Å². The van der Waals surface area contributed by atoms with Crippen LogP contribution in [0.5, 0.6) is 11.5 Å². The Morgan fingerprint density at radius 3 is 2.95 bits per heavy atom. The second-order valence-corrected chi connectivity index (χ2v) is 5.65. The fourth-order valence-electron chi connectivity index (χ4n) is 2.59. The summed E-state index contributed by atoms with van der Waals surface area (Å²) in [7, 11) is 0. The average Bonchev–Trinajstić information content (AvgIpc) is 2.52. The number of esters is 1. The van der Waals surface area contributed by atoms with Crippen molar-refractivity contribution >= 4 is 28.6 Å². The highest BCUT2D eigenvalue weighted by molar-refractivity contribution is 7.98. The minimum atomic E-state index is -0.807. The van der Waals surface area contributed by atoms with E-state index in [2.05, 4.69) is 0 Å². The summed E-state index contributed by atoms with van der Waals surface area (Å²) in [6.45, 7) is 2.45. The van der Waals surface area contributed by atoms with Gasteiger partial charge in [-0.3, -0.25) is 4.79 Å². The Morgan fingerprint density at radius 2 is 2.27 bits per heavy atom. The topological polar surface area (TPSA) is 77.8 Å². The molecular weight excluding hydrogens is 306 g/mol. The Morgan fingerprint density at radius 1 is 1.50 bits per heavy atom. The number of ether oxygens (including phenoxy) is 2. The first-order valence-electron chi connectivity index (χ1n) is 6.86. The van der Waals surface area contributed by atoms with Crippen molar-refractivity contribution in [2.45, 2.75) is 18.4 Å². The summed E-state index contributed by atoms with van der Waals surface area (Å²) in [5.41, 5.74) is -0.357. The molecule has 1 aliphatic heterocycles. The zero-order chi connectivity index (χ0) is 15.9. The number of aromatic hydroxyl groups is 1. The van der Waals surface area contributed by atoms with Crippen LogP contribution in [-0.4, -0.2) is 35.1 Å². The van der Waals surface area contributed by atoms with Gasteiger partial charge in [0.1, 0.15) is 18.1 Å². The summed E-state index contributed by atoms with van der Waals surface area (Å²) < 4.78 is 12.0. The average molecular weight is 321 g/mol. The van der Waals surface area contributed by atoms with Gasteiger partial charge in [-0.15, -0.1) is 11.8 Å². The fourth-order valence-corrected chi connectivity index (χ4v) is 3.05. The lowest BCUT2D eigenvalue weighted by Gasteiger charge is -2.22. The smallest absolute Gasteiger partial charge is 0.347 e. The molecule has 0 saturated heterocycles. The van der Waals surface area contributed by atoms with E-state index in [1.165, 1.54) is 16.3 Å². The van der Waals surface area contributed by atoms with E-state index in [0.717, 1.165) is 4.90 Å². The van der Waals surface area contributed by atoms with Crippen molar-refractivity contribution in [1.29, 1.82) is 0 Å². The standard InChI is InChI=1S/C15H15NO5S/c1-3-20-15(19)11-13(17)9-6-8(22-2)7-10-12(9)16(14(11)18)4-5-21-10/h6-7,17H,3-5H2,1-2H3. The SMILES string of the molecule is CCOC(=O)c1c(O)c2cc(SC)cc3c2n(c1=O)CCO3. The van der Waals surface area contributed by atoms with Crippen LogP contribution in [0.1, 0.15) is 17.3 Å². The van der Waals surface area contributed by atoms with Crippen molar-refractivity contribution in [3.63, 3.8) is 0 Å². The Balaban J connectivity index is 2.41. The highest BCUT2D eigenvalue weighted by Crippen LogP contribution is 2.37. The lowest BCUT2D eigenvalue weighted by molar-refractivity contribution is 0.0520. The number of thioether (sulfide) groups is 1. The molecule has 1 aromatic heterocycles. The summed E-state index contributed by atoms with van der Waals surface area (Å²) in [5.74, 6) is -0.619. The molecule has 0 radical (unpaired) electrons. The van der Waals surface area contributed by atoms with E-state index in [4.69, 9.17) is 9.47 Å². The van der Waals surface area contributed by atoms with Crippen LogP contribution in [0.2, 0.25) is 0 Å². The van der Waals surface area contributed by atoms with Crippen LogP contribution in [0, 0.1) is 0 Å². The first-order valence-corrected chi connectivity index (χ1v) is 8.08. The van der Waals surface area contributed by atoms with Crippen LogP contribution in [0.25, 0.3) is 10.9 Å². The molecule has 0 spiro atoms. The van der Waals surface area contributed by atoms with Gasteiger partial charge in [0.2, 0.25) is 0 Å². The first-order chi connectivity index (χ1) is 10.6. The van der Waals surface area contributed by atoms with Gasteiger partial charge < -0.3 is 19.1 Å². The third-order valence-corrected chi connectivity index (χ3v) is 4.26. The van der Waals surface area contributed by atoms with E-state index in [-0.39, 0.29) is 17.9 Å². The van der Waals surface area contributed by atoms with Gasteiger partial charge in [0.25, 0.3) is 5.56 Å². The fraction of sp³-hybridized carbons (Fsp3) is 0.333. The number of carbonyl (C=O) groups excluding carboxylic acids is 1. The zero-order valence-electron chi connectivity index (χ0n) is 12.2. The molecule has 0 amide bonds. The quantitative estimate of drug-likeness (QED) is 0.688. The Hall–Kier alpha value is -2.15. The Labute approximate surface area is 130 Å². The van der Waals surface area contributed by atoms with Crippen LogP contribution in [0.4, 0.5) is 0 Å². The third-order valence-electron chi connectivity index (χ3n) is 3.56. The van der Waals surface area contributed by atoms with Crippen LogP contribution in [-0.2, 0) is 11.3 Å². The van der Waals surface area contributed by atoms with Crippen LogP contribution in [0.3, 0.4) is 0 Å². The van der Waals surface area contributed by atoms with E-state index in [0.29, 0.717) is 29.8 Å². The predicted octanol–water partition coefficient (Wildman–Crippen LogP) is 2.00. The van der Waals surface area contributed by atoms with Crippen LogP contribution < -0.4 is 10.3 Å². The molecule has 0 aliphatic carbocycles. The molecule has 116 valence electrons. The van der Waals surface area contributed by atoms with Gasteiger partial charge in [0.05, 0.1) is 18.7 Å². The number of hydrogen-bond acceptors (Lipinski definition) is 6. The van der Waals surface area contributed by atoms with E-state index < -0.39 is 11.5 Å². The van der Waals surface area contributed by atoms with Gasteiger partial charge in [-0.2, -0.15) is 0 Å². The monoisotopic (exact) mass is 321 g/mol. The molecule has 1 aliphatic rings. The van der Waals surface area contributed by atoms with E-state index in [9.17, 15) is 14.7 Å². The highest BCUT2D eigenvalue weighted by Gasteiger charge is 2.27. The van der Waals surface area contributed by atoms with Gasteiger partial charge in [0, 0.05) is 10.3 Å². The number of nitrogens with zero attached hydrogens (tertiary/aromatic N) is 1. The Kier molecular flexibility index (Phi) is 3.74. The minimum absolute atomic E-state index is 0.134. The molecule has 6 nitrogen and oxygen atoms in total. The van der Waals surface area contributed by atoms with Gasteiger partial charge >= 0.3 is 5.97 Å². The number of hydrogen-bond donors (Lipinski definition) is 1. The predicted molar refractivity (Wildman–Crippen MR) is 83.1 cm³/mol. The van der Waals surface area contributed by atoms with Crippen molar-refractivity contribution in [2.24, 2.45) is 0 Å². The zero-order valence-corrected chi connectivity index (χ0v) is 13.0. The second kappa shape index (κ2) is 5.57. The largest absolute Gasteiger partial charge is 0.506 e. The number of rotatable bonds is 3. The molecule has 0 atom stereocenters. The summed E-state index contributed by atoms with van der Waals surface area (Å²) in [6.07, 6.45) is 1.90. The molecule has 1 N–H and O–H groups in total. The third kappa shape index (κ3) is 2.12. The van der Waals surface area contributed by atoms with Crippen LogP contribution in [0.15, 0.2) is 21.8 Å². The molecule has 7 heteroatoms. The maximum atomic E-state index is 12.5. The molecule has 2 heterocycles. The molecule has 0 bridgehead atoms. The minimum Gasteiger partial charge on any atom is -0.506 e. The van der Waals surface area contributed by atoms with E-state index in [1.54, 1.807) is 13.0 Å². The van der Waals surface area contributed by atoms with Crippen molar-refractivity contribution in [3.05, 3.63) is 28.0 Å². The highest BCUT2D eigenvalue weighted by atomic mass is 32.2. The van der Waals surface area contributed by atoms with Crippen molar-refractivity contribution in [1.82, 2.24) is 4.57 Å². The van der Waals surface area contributed by atoms with E-state index in [1.807, 2.05) is 12.3 Å². The van der Waals surface area contributed by atoms with Gasteiger partial charge in [0.15, 0.2) is 5.56 Å². The van der Waals surface area contributed by atoms with E-state index >= 15 is 0 Å². The lowest BCUT2D eigenvalue weighted by atomic mass is 10.1. The molecule has 22 heavy (non-hydrogen) atoms. The normalized spacial score (nSPS) is 13.0. The maximum Gasteiger partial charge on any atom is 0.347 e. The van der Waals surface area contributed by atoms with Crippen LogP contribution >= 0.6 is 11.8 Å². The Bertz CT molecular complexity index is 827. The molecule has 3 rings (SSSR count). The number of carbonyl (C=O) groups is 1. The lowest BCUT2D eigenvalue weighted by Crippen LogP contribution is -2.32. The number of benzene rings is 1. The number of aromatic nitrogens is 1. The van der Waals surface area contributed by atoms with Gasteiger partial charge in [-0.25, -0.2) is 4.79 Å². The first kappa shape index (κ1) is 14.8. The van der Waals surface area contributed by atoms with Gasteiger partial charge in [-0.1, -0.05) is 0 Å². The van der Waals surface area contributed by atoms with Crippen molar-refractivity contribution in [3.8, 4) is 11.5 Å². The summed E-state index contributed by atoms with van der Waals surface area (Å²) in [4.78, 5) is 25.4. The molecule has 2 aromatic rings. The number of pyridine rings is 1. The molecule has 0 saturated carbocycles. The summed E-state index contributed by atoms with van der Waals surface area (Å²) in [5, 5.41) is 10.9. The van der Waals surface area contributed by atoms with Gasteiger partial charge in [-0.05, 0) is 25.3 Å². The molecule has 0 fully saturated rings. The summed E-state index contributed by atoms with van der Waals surface area (Å²) in [6, 6.07) is 3.57. The molecule has 0 unspecified atom stereocenters. The van der Waals surface area contributed by atoms with Crippen molar-refractivity contribution < 1.29 is 19.4 Å². The maximum absolute atomic E-state index is 12.5. The summed E-state index contributed by atoms with van der Waals surface area (Å²) >= 11 is 1.49.